The molecular weight excluding hydrogens is 240 g/mol. The molecule has 0 amide bonds. The van der Waals surface area contributed by atoms with Gasteiger partial charge in [-0.25, -0.2) is 4.79 Å². The second kappa shape index (κ2) is 5.31. The molecule has 0 aliphatic heterocycles. The van der Waals surface area contributed by atoms with Crippen LogP contribution in [0.2, 0.25) is 0 Å². The highest BCUT2D eigenvalue weighted by molar-refractivity contribution is 6.12. The van der Waals surface area contributed by atoms with E-state index in [1.807, 2.05) is 6.07 Å². The molecule has 0 aromatic heterocycles. The van der Waals surface area contributed by atoms with Crippen molar-refractivity contribution in [3.8, 4) is 11.1 Å². The number of ketones is 1. The molecule has 0 saturated heterocycles. The number of benzene rings is 2. The number of allylic oxidation sites excluding steroid dienone is 1. The molecule has 0 aliphatic rings. The highest BCUT2D eigenvalue weighted by atomic mass is 16.4. The number of carbonyl (C=O) groups is 2. The summed E-state index contributed by atoms with van der Waals surface area (Å²) < 4.78 is 0. The Morgan fingerprint density at radius 3 is 2.16 bits per heavy atom. The molecule has 0 unspecified atom stereocenters. The third kappa shape index (κ3) is 2.45. The van der Waals surface area contributed by atoms with Crippen molar-refractivity contribution in [1.82, 2.24) is 0 Å². The molecule has 19 heavy (non-hydrogen) atoms. The van der Waals surface area contributed by atoms with Crippen LogP contribution in [-0.4, -0.2) is 16.9 Å². The number of carboxylic acids is 1. The predicted molar refractivity (Wildman–Crippen MR) is 73.4 cm³/mol. The molecule has 0 atom stereocenters. The van der Waals surface area contributed by atoms with Crippen LogP contribution in [0.4, 0.5) is 0 Å². The van der Waals surface area contributed by atoms with E-state index in [1.165, 1.54) is 12.1 Å². The van der Waals surface area contributed by atoms with Crippen molar-refractivity contribution < 1.29 is 14.7 Å². The molecule has 0 bridgehead atoms. The lowest BCUT2D eigenvalue weighted by Gasteiger charge is -2.10. The summed E-state index contributed by atoms with van der Waals surface area (Å²) in [5.74, 6) is -1.35. The number of hydrogen-bond donors (Lipinski definition) is 1. The molecule has 0 saturated carbocycles. The maximum absolute atomic E-state index is 11.9. The van der Waals surface area contributed by atoms with E-state index in [0.29, 0.717) is 16.7 Å². The first-order chi connectivity index (χ1) is 9.15. The summed E-state index contributed by atoms with van der Waals surface area (Å²) in [4.78, 5) is 23.2. The van der Waals surface area contributed by atoms with E-state index in [-0.39, 0.29) is 11.3 Å². The Labute approximate surface area is 110 Å². The minimum atomic E-state index is -1.06. The van der Waals surface area contributed by atoms with Crippen LogP contribution in [-0.2, 0) is 0 Å². The fourth-order valence-electron chi connectivity index (χ4n) is 1.96. The lowest BCUT2D eigenvalue weighted by molar-refractivity contribution is 0.0697. The summed E-state index contributed by atoms with van der Waals surface area (Å²) in [6.07, 6.45) is 1.19. The molecule has 0 heterocycles. The molecule has 94 valence electrons. The van der Waals surface area contributed by atoms with Crippen LogP contribution >= 0.6 is 0 Å². The van der Waals surface area contributed by atoms with Crippen molar-refractivity contribution >= 4 is 11.8 Å². The van der Waals surface area contributed by atoms with Gasteiger partial charge in [-0.1, -0.05) is 49.0 Å². The third-order valence-corrected chi connectivity index (χ3v) is 2.81. The fourth-order valence-corrected chi connectivity index (χ4v) is 1.96. The summed E-state index contributed by atoms with van der Waals surface area (Å²) in [5.41, 5.74) is 1.59. The predicted octanol–water partition coefficient (Wildman–Crippen LogP) is 3.42. The van der Waals surface area contributed by atoms with Gasteiger partial charge in [0, 0.05) is 11.1 Å². The van der Waals surface area contributed by atoms with Crippen LogP contribution in [0.1, 0.15) is 20.7 Å². The normalized spacial score (nSPS) is 9.89. The van der Waals surface area contributed by atoms with E-state index in [4.69, 9.17) is 0 Å². The van der Waals surface area contributed by atoms with Crippen LogP contribution in [0, 0.1) is 0 Å². The zero-order valence-electron chi connectivity index (χ0n) is 10.2. The number of aromatic carboxylic acids is 1. The van der Waals surface area contributed by atoms with Crippen molar-refractivity contribution in [2.75, 3.05) is 0 Å². The lowest BCUT2D eigenvalue weighted by Crippen LogP contribution is -2.05. The Hall–Kier alpha value is -2.68. The number of carbonyl (C=O) groups excluding carboxylic acids is 1. The highest BCUT2D eigenvalue weighted by Gasteiger charge is 2.18. The van der Waals surface area contributed by atoms with E-state index >= 15 is 0 Å². The van der Waals surface area contributed by atoms with Gasteiger partial charge in [-0.05, 0) is 17.7 Å². The van der Waals surface area contributed by atoms with Gasteiger partial charge in [0.05, 0.1) is 5.56 Å². The number of hydrogen-bond acceptors (Lipinski definition) is 2. The average Bonchev–Trinajstić information content (AvgIpc) is 2.46. The smallest absolute Gasteiger partial charge is 0.336 e. The summed E-state index contributed by atoms with van der Waals surface area (Å²) in [7, 11) is 0. The van der Waals surface area contributed by atoms with Crippen LogP contribution in [0.3, 0.4) is 0 Å². The lowest BCUT2D eigenvalue weighted by atomic mass is 9.92. The van der Waals surface area contributed by atoms with Gasteiger partial charge in [-0.2, -0.15) is 0 Å². The number of rotatable bonds is 4. The molecule has 0 fully saturated rings. The Morgan fingerprint density at radius 1 is 0.947 bits per heavy atom. The van der Waals surface area contributed by atoms with E-state index < -0.39 is 5.97 Å². The fraction of sp³-hybridized carbons (Fsp3) is 0. The first-order valence-corrected chi connectivity index (χ1v) is 5.73. The molecule has 2 aromatic rings. The standard InChI is InChI=1S/C16H12O3/c1-2-14(17)12-9-6-10-13(16(18)19)15(12)11-7-4-3-5-8-11/h2-10H,1H2,(H,18,19). The molecule has 1 N–H and O–H groups in total. The summed E-state index contributed by atoms with van der Waals surface area (Å²) >= 11 is 0. The van der Waals surface area contributed by atoms with Gasteiger partial charge in [0.25, 0.3) is 0 Å². The topological polar surface area (TPSA) is 54.4 Å². The van der Waals surface area contributed by atoms with Gasteiger partial charge in [0.15, 0.2) is 5.78 Å². The molecule has 2 rings (SSSR count). The third-order valence-electron chi connectivity index (χ3n) is 2.81. The van der Waals surface area contributed by atoms with Crippen molar-refractivity contribution in [3.63, 3.8) is 0 Å². The van der Waals surface area contributed by atoms with Gasteiger partial charge in [-0.3, -0.25) is 4.79 Å². The van der Waals surface area contributed by atoms with E-state index in [9.17, 15) is 14.7 Å². The molecule has 0 spiro atoms. The van der Waals surface area contributed by atoms with Crippen LogP contribution in [0.25, 0.3) is 11.1 Å². The van der Waals surface area contributed by atoms with Gasteiger partial charge >= 0.3 is 5.97 Å². The maximum atomic E-state index is 11.9. The molecule has 0 aliphatic carbocycles. The van der Waals surface area contributed by atoms with Crippen molar-refractivity contribution in [3.05, 3.63) is 72.3 Å². The van der Waals surface area contributed by atoms with Crippen molar-refractivity contribution in [2.45, 2.75) is 0 Å². The molecular formula is C16H12O3. The second-order valence-corrected chi connectivity index (χ2v) is 3.97. The summed E-state index contributed by atoms with van der Waals surface area (Å²) in [5, 5.41) is 9.27. The largest absolute Gasteiger partial charge is 0.478 e. The second-order valence-electron chi connectivity index (χ2n) is 3.97. The van der Waals surface area contributed by atoms with E-state index in [2.05, 4.69) is 6.58 Å². The van der Waals surface area contributed by atoms with E-state index in [1.54, 1.807) is 36.4 Å². The first kappa shape index (κ1) is 12.8. The Kier molecular flexibility index (Phi) is 3.57. The molecule has 3 nitrogen and oxygen atoms in total. The maximum Gasteiger partial charge on any atom is 0.336 e. The molecule has 3 heteroatoms. The highest BCUT2D eigenvalue weighted by Crippen LogP contribution is 2.28. The van der Waals surface area contributed by atoms with Crippen LogP contribution < -0.4 is 0 Å². The Balaban J connectivity index is 2.77. The summed E-state index contributed by atoms with van der Waals surface area (Å²) in [6, 6.07) is 13.7. The SMILES string of the molecule is C=CC(=O)c1cccc(C(=O)O)c1-c1ccccc1. The monoisotopic (exact) mass is 252 g/mol. The first-order valence-electron chi connectivity index (χ1n) is 5.73. The Bertz CT molecular complexity index is 642. The van der Waals surface area contributed by atoms with Gasteiger partial charge < -0.3 is 5.11 Å². The average molecular weight is 252 g/mol. The minimum absolute atomic E-state index is 0.110. The van der Waals surface area contributed by atoms with Crippen molar-refractivity contribution in [2.24, 2.45) is 0 Å². The minimum Gasteiger partial charge on any atom is -0.478 e. The quantitative estimate of drug-likeness (QED) is 0.670. The molecule has 0 radical (unpaired) electrons. The number of carboxylic acid groups (broad SMARTS) is 1. The van der Waals surface area contributed by atoms with E-state index in [0.717, 1.165) is 0 Å². The van der Waals surface area contributed by atoms with Gasteiger partial charge in [0.1, 0.15) is 0 Å². The van der Waals surface area contributed by atoms with Crippen LogP contribution in [0.5, 0.6) is 0 Å². The van der Waals surface area contributed by atoms with Gasteiger partial charge in [0.2, 0.25) is 0 Å². The van der Waals surface area contributed by atoms with Crippen LogP contribution in [0.15, 0.2) is 61.2 Å². The molecule has 2 aromatic carbocycles. The zero-order chi connectivity index (χ0) is 13.8. The zero-order valence-corrected chi connectivity index (χ0v) is 10.2. The summed E-state index contributed by atoms with van der Waals surface area (Å²) in [6.45, 7) is 3.45. The Morgan fingerprint density at radius 2 is 1.58 bits per heavy atom. The van der Waals surface area contributed by atoms with Gasteiger partial charge in [-0.15, -0.1) is 0 Å². The van der Waals surface area contributed by atoms with Crippen molar-refractivity contribution in [1.29, 1.82) is 0 Å².